The average Bonchev–Trinajstić information content (AvgIpc) is 3.30. The van der Waals surface area contributed by atoms with Gasteiger partial charge in [-0.05, 0) is 38.8 Å². The zero-order valence-corrected chi connectivity index (χ0v) is 16.1. The molecule has 1 amide bonds. The standard InChI is InChI=1S/C21H27N5O/c1-3-24-15-11-22-21(24)17-8-12-25(13-9-17)20(27)10-14-26-16(2)23-18-6-4-5-7-19(18)26/h4-7,11,15,17H,3,8-10,12-14H2,1-2H3. The summed E-state index contributed by atoms with van der Waals surface area (Å²) in [5.74, 6) is 2.84. The molecule has 3 aromatic rings. The van der Waals surface area contributed by atoms with E-state index in [0.717, 1.165) is 49.3 Å². The molecule has 0 bridgehead atoms. The van der Waals surface area contributed by atoms with Crippen LogP contribution in [-0.4, -0.2) is 43.0 Å². The molecule has 142 valence electrons. The third-order valence-corrected chi connectivity index (χ3v) is 5.70. The van der Waals surface area contributed by atoms with E-state index >= 15 is 0 Å². The minimum Gasteiger partial charge on any atom is -0.343 e. The SMILES string of the molecule is CCn1ccnc1C1CCN(C(=O)CCn2c(C)nc3ccccc32)CC1. The second-order valence-electron chi connectivity index (χ2n) is 7.28. The van der Waals surface area contributed by atoms with Crippen LogP contribution in [0.2, 0.25) is 0 Å². The summed E-state index contributed by atoms with van der Waals surface area (Å²) in [6, 6.07) is 8.11. The minimum atomic E-state index is 0.240. The van der Waals surface area contributed by atoms with Crippen LogP contribution in [0.4, 0.5) is 0 Å². The number of carbonyl (C=O) groups excluding carboxylic acids is 1. The molecule has 0 unspecified atom stereocenters. The number of carbonyl (C=O) groups is 1. The number of rotatable bonds is 5. The lowest BCUT2D eigenvalue weighted by Gasteiger charge is -2.32. The molecule has 1 aliphatic rings. The van der Waals surface area contributed by atoms with Gasteiger partial charge in [-0.1, -0.05) is 12.1 Å². The second-order valence-corrected chi connectivity index (χ2v) is 7.28. The van der Waals surface area contributed by atoms with Gasteiger partial charge in [-0.25, -0.2) is 9.97 Å². The van der Waals surface area contributed by atoms with Crippen LogP contribution >= 0.6 is 0 Å². The zero-order chi connectivity index (χ0) is 18.8. The number of para-hydroxylation sites is 2. The van der Waals surface area contributed by atoms with Crippen LogP contribution < -0.4 is 0 Å². The summed E-state index contributed by atoms with van der Waals surface area (Å²) in [4.78, 5) is 23.9. The number of benzene rings is 1. The maximum absolute atomic E-state index is 12.7. The molecule has 0 N–H and O–H groups in total. The van der Waals surface area contributed by atoms with Gasteiger partial charge in [0.25, 0.3) is 0 Å². The lowest BCUT2D eigenvalue weighted by Crippen LogP contribution is -2.38. The highest BCUT2D eigenvalue weighted by atomic mass is 16.2. The third kappa shape index (κ3) is 3.48. The molecule has 4 rings (SSSR count). The van der Waals surface area contributed by atoms with E-state index in [1.54, 1.807) is 0 Å². The minimum absolute atomic E-state index is 0.240. The number of nitrogens with zero attached hydrogens (tertiary/aromatic N) is 5. The topological polar surface area (TPSA) is 56.0 Å². The van der Waals surface area contributed by atoms with Gasteiger partial charge in [-0.2, -0.15) is 0 Å². The van der Waals surface area contributed by atoms with Crippen LogP contribution in [0.15, 0.2) is 36.7 Å². The second kappa shape index (κ2) is 7.55. The quantitative estimate of drug-likeness (QED) is 0.697. The zero-order valence-electron chi connectivity index (χ0n) is 16.1. The van der Waals surface area contributed by atoms with Crippen molar-refractivity contribution in [3.63, 3.8) is 0 Å². The van der Waals surface area contributed by atoms with Crippen LogP contribution in [0.25, 0.3) is 11.0 Å². The summed E-state index contributed by atoms with van der Waals surface area (Å²) in [6.45, 7) is 7.43. The van der Waals surface area contributed by atoms with Crippen molar-refractivity contribution >= 4 is 16.9 Å². The maximum Gasteiger partial charge on any atom is 0.224 e. The molecule has 1 aliphatic heterocycles. The van der Waals surface area contributed by atoms with E-state index < -0.39 is 0 Å². The van der Waals surface area contributed by atoms with Gasteiger partial charge < -0.3 is 14.0 Å². The summed E-state index contributed by atoms with van der Waals surface area (Å²) in [5, 5.41) is 0. The smallest absolute Gasteiger partial charge is 0.224 e. The first kappa shape index (κ1) is 17.8. The van der Waals surface area contributed by atoms with Crippen molar-refractivity contribution in [3.05, 3.63) is 48.3 Å². The first-order valence-electron chi connectivity index (χ1n) is 9.88. The molecular formula is C21H27N5O. The summed E-state index contributed by atoms with van der Waals surface area (Å²) < 4.78 is 4.37. The highest BCUT2D eigenvalue weighted by Gasteiger charge is 2.26. The number of aryl methyl sites for hydroxylation is 3. The number of piperidine rings is 1. The number of likely N-dealkylation sites (tertiary alicyclic amines) is 1. The Labute approximate surface area is 159 Å². The van der Waals surface area contributed by atoms with Crippen LogP contribution in [0, 0.1) is 6.92 Å². The van der Waals surface area contributed by atoms with E-state index in [1.165, 1.54) is 5.82 Å². The maximum atomic E-state index is 12.7. The molecule has 1 fully saturated rings. The van der Waals surface area contributed by atoms with Crippen molar-refractivity contribution in [2.24, 2.45) is 0 Å². The molecule has 0 aliphatic carbocycles. The Kier molecular flexibility index (Phi) is 4.97. The van der Waals surface area contributed by atoms with E-state index in [1.807, 2.05) is 42.4 Å². The third-order valence-electron chi connectivity index (χ3n) is 5.70. The molecule has 0 radical (unpaired) electrons. The van der Waals surface area contributed by atoms with Gasteiger partial charge in [-0.15, -0.1) is 0 Å². The molecule has 1 aromatic carbocycles. The molecular weight excluding hydrogens is 338 g/mol. The van der Waals surface area contributed by atoms with E-state index in [9.17, 15) is 4.79 Å². The molecule has 0 saturated carbocycles. The van der Waals surface area contributed by atoms with Crippen molar-refractivity contribution in [2.75, 3.05) is 13.1 Å². The Hall–Kier alpha value is -2.63. The summed E-state index contributed by atoms with van der Waals surface area (Å²) >= 11 is 0. The predicted octanol–water partition coefficient (Wildman–Crippen LogP) is 3.36. The van der Waals surface area contributed by atoms with Crippen molar-refractivity contribution in [1.82, 2.24) is 24.0 Å². The summed E-state index contributed by atoms with van der Waals surface area (Å²) in [7, 11) is 0. The van der Waals surface area contributed by atoms with Crippen molar-refractivity contribution in [1.29, 1.82) is 0 Å². The van der Waals surface area contributed by atoms with Crippen LogP contribution in [0.5, 0.6) is 0 Å². The molecule has 27 heavy (non-hydrogen) atoms. The van der Waals surface area contributed by atoms with Gasteiger partial charge in [0.05, 0.1) is 11.0 Å². The first-order chi connectivity index (χ1) is 13.2. The Bertz CT molecular complexity index is 933. The molecule has 1 saturated heterocycles. The molecule has 0 atom stereocenters. The van der Waals surface area contributed by atoms with Crippen molar-refractivity contribution in [2.45, 2.75) is 52.1 Å². The van der Waals surface area contributed by atoms with Crippen LogP contribution in [-0.2, 0) is 17.9 Å². The fraction of sp³-hybridized carbons (Fsp3) is 0.476. The summed E-state index contributed by atoms with van der Waals surface area (Å²) in [5.41, 5.74) is 2.10. The Balaban J connectivity index is 1.35. The summed E-state index contributed by atoms with van der Waals surface area (Å²) in [6.07, 6.45) is 6.44. The molecule has 2 aromatic heterocycles. The number of imidazole rings is 2. The van der Waals surface area contributed by atoms with Crippen LogP contribution in [0.1, 0.15) is 43.8 Å². The lowest BCUT2D eigenvalue weighted by atomic mass is 9.95. The van der Waals surface area contributed by atoms with Crippen molar-refractivity contribution < 1.29 is 4.79 Å². The molecule has 3 heterocycles. The van der Waals surface area contributed by atoms with E-state index in [0.29, 0.717) is 18.9 Å². The fourth-order valence-electron chi connectivity index (χ4n) is 4.18. The van der Waals surface area contributed by atoms with Gasteiger partial charge >= 0.3 is 0 Å². The average molecular weight is 365 g/mol. The molecule has 6 heteroatoms. The first-order valence-corrected chi connectivity index (χ1v) is 9.88. The van der Waals surface area contributed by atoms with Crippen molar-refractivity contribution in [3.8, 4) is 0 Å². The van der Waals surface area contributed by atoms with Gasteiger partial charge in [0, 0.05) is 50.9 Å². The fourth-order valence-corrected chi connectivity index (χ4v) is 4.18. The number of aromatic nitrogens is 4. The Morgan fingerprint density at radius 2 is 2.00 bits per heavy atom. The van der Waals surface area contributed by atoms with E-state index in [-0.39, 0.29) is 5.91 Å². The van der Waals surface area contributed by atoms with Gasteiger partial charge in [0.2, 0.25) is 5.91 Å². The van der Waals surface area contributed by atoms with Crippen LogP contribution in [0.3, 0.4) is 0 Å². The molecule has 6 nitrogen and oxygen atoms in total. The Morgan fingerprint density at radius 3 is 2.78 bits per heavy atom. The molecule has 0 spiro atoms. The lowest BCUT2D eigenvalue weighted by molar-refractivity contribution is -0.132. The number of amides is 1. The highest BCUT2D eigenvalue weighted by molar-refractivity contribution is 5.78. The normalized spacial score (nSPS) is 15.6. The Morgan fingerprint density at radius 1 is 1.22 bits per heavy atom. The van der Waals surface area contributed by atoms with Gasteiger partial charge in [0.1, 0.15) is 11.6 Å². The van der Waals surface area contributed by atoms with E-state index in [2.05, 4.69) is 32.1 Å². The highest BCUT2D eigenvalue weighted by Crippen LogP contribution is 2.27. The van der Waals surface area contributed by atoms with Gasteiger partial charge in [0.15, 0.2) is 0 Å². The number of hydrogen-bond donors (Lipinski definition) is 0. The van der Waals surface area contributed by atoms with Gasteiger partial charge in [-0.3, -0.25) is 4.79 Å². The predicted molar refractivity (Wildman–Crippen MR) is 106 cm³/mol. The van der Waals surface area contributed by atoms with E-state index in [4.69, 9.17) is 0 Å². The number of fused-ring (bicyclic) bond motifs is 1. The monoisotopic (exact) mass is 365 g/mol. The largest absolute Gasteiger partial charge is 0.343 e. The number of hydrogen-bond acceptors (Lipinski definition) is 3.